The Kier molecular flexibility index (Phi) is 4.35. The molecule has 0 radical (unpaired) electrons. The Morgan fingerprint density at radius 2 is 2.04 bits per heavy atom. The molecule has 0 saturated carbocycles. The van der Waals surface area contributed by atoms with Gasteiger partial charge in [-0.25, -0.2) is 8.42 Å². The molecule has 2 amide bonds. The molecule has 1 saturated heterocycles. The summed E-state index contributed by atoms with van der Waals surface area (Å²) < 4.78 is 23.5. The van der Waals surface area contributed by atoms with E-state index < -0.39 is 15.7 Å². The van der Waals surface area contributed by atoms with Gasteiger partial charge in [0.2, 0.25) is 0 Å². The predicted octanol–water partition coefficient (Wildman–Crippen LogP) is 0.721. The summed E-state index contributed by atoms with van der Waals surface area (Å²) in [6.07, 6.45) is 1.34. The zero-order valence-electron chi connectivity index (χ0n) is 13.6. The maximum atomic E-state index is 12.6. The number of nitrogens with two attached hydrogens (primary N) is 1. The van der Waals surface area contributed by atoms with Gasteiger partial charge in [0.15, 0.2) is 9.84 Å². The van der Waals surface area contributed by atoms with Crippen molar-refractivity contribution in [3.05, 3.63) is 29.3 Å². The third kappa shape index (κ3) is 2.91. The highest BCUT2D eigenvalue weighted by molar-refractivity contribution is 7.91. The second kappa shape index (κ2) is 6.18. The monoisotopic (exact) mass is 351 g/mol. The number of hydrogen-bond donors (Lipinski definition) is 1. The average Bonchev–Trinajstić information content (AvgIpc) is 3.00. The molecule has 1 fully saturated rings. The summed E-state index contributed by atoms with van der Waals surface area (Å²) in [5.41, 5.74) is 6.70. The molecule has 7 nitrogen and oxygen atoms in total. The molecule has 2 aliphatic rings. The summed E-state index contributed by atoms with van der Waals surface area (Å²) in [7, 11) is -3.03. The quantitative estimate of drug-likeness (QED) is 0.620. The lowest BCUT2D eigenvalue weighted by Crippen LogP contribution is -2.46. The van der Waals surface area contributed by atoms with Crippen LogP contribution < -0.4 is 5.73 Å². The van der Waals surface area contributed by atoms with Gasteiger partial charge >= 0.3 is 0 Å². The number of hydrogen-bond acceptors (Lipinski definition) is 6. The van der Waals surface area contributed by atoms with Crippen molar-refractivity contribution in [3.63, 3.8) is 0 Å². The number of nitrogens with zero attached hydrogens (tertiary/aromatic N) is 2. The summed E-state index contributed by atoms with van der Waals surface area (Å²) in [6, 6.07) is 4.68. The Hall–Kier alpha value is -1.93. The standard InChI is InChI=1S/C16H21N3O4S/c1-2-7-18(11-6-8-24(22,23)9-11)10-19-15(20)12-4-3-5-13(17)14(12)16(19)21/h3-5,11H,2,6-10,17H2,1H3. The van der Waals surface area contributed by atoms with Crippen LogP contribution in [-0.4, -0.2) is 60.8 Å². The normalized spacial score (nSPS) is 22.4. The first kappa shape index (κ1) is 16.9. The van der Waals surface area contributed by atoms with Crippen molar-refractivity contribution < 1.29 is 18.0 Å². The minimum absolute atomic E-state index is 0.0817. The van der Waals surface area contributed by atoms with Gasteiger partial charge < -0.3 is 5.73 Å². The SMILES string of the molecule is CCCN(CN1C(=O)c2cccc(N)c2C1=O)C1CCS(=O)(=O)C1. The van der Waals surface area contributed by atoms with E-state index in [9.17, 15) is 18.0 Å². The highest BCUT2D eigenvalue weighted by Crippen LogP contribution is 2.28. The molecular formula is C16H21N3O4S. The van der Waals surface area contributed by atoms with E-state index in [1.165, 1.54) is 4.90 Å². The van der Waals surface area contributed by atoms with E-state index in [2.05, 4.69) is 0 Å². The molecule has 8 heteroatoms. The molecule has 0 spiro atoms. The Morgan fingerprint density at radius 3 is 2.62 bits per heavy atom. The van der Waals surface area contributed by atoms with Crippen LogP contribution in [0.1, 0.15) is 40.5 Å². The Morgan fingerprint density at radius 1 is 1.29 bits per heavy atom. The lowest BCUT2D eigenvalue weighted by Gasteiger charge is -2.30. The molecule has 1 aromatic rings. The van der Waals surface area contributed by atoms with E-state index in [0.29, 0.717) is 24.2 Å². The minimum Gasteiger partial charge on any atom is -0.398 e. The number of rotatable bonds is 5. The second-order valence-corrected chi connectivity index (χ2v) is 8.55. The van der Waals surface area contributed by atoms with Gasteiger partial charge in [-0.3, -0.25) is 19.4 Å². The van der Waals surface area contributed by atoms with Gasteiger partial charge in [0, 0.05) is 11.7 Å². The number of imide groups is 1. The maximum absolute atomic E-state index is 12.6. The fourth-order valence-corrected chi connectivity index (χ4v) is 5.15. The van der Waals surface area contributed by atoms with Crippen LogP contribution in [0.15, 0.2) is 18.2 Å². The first-order chi connectivity index (χ1) is 11.3. The summed E-state index contributed by atoms with van der Waals surface area (Å²) in [5, 5.41) is 0. The summed E-state index contributed by atoms with van der Waals surface area (Å²) >= 11 is 0. The molecule has 1 unspecified atom stereocenters. The largest absolute Gasteiger partial charge is 0.398 e. The van der Waals surface area contributed by atoms with Gasteiger partial charge in [-0.1, -0.05) is 13.0 Å². The van der Waals surface area contributed by atoms with Crippen molar-refractivity contribution in [1.29, 1.82) is 0 Å². The molecule has 1 atom stereocenters. The van der Waals surface area contributed by atoms with E-state index in [1.807, 2.05) is 11.8 Å². The summed E-state index contributed by atoms with van der Waals surface area (Å²) in [4.78, 5) is 28.2. The van der Waals surface area contributed by atoms with Crippen LogP contribution in [0.5, 0.6) is 0 Å². The molecule has 130 valence electrons. The third-order valence-corrected chi connectivity index (χ3v) is 6.34. The zero-order chi connectivity index (χ0) is 17.5. The van der Waals surface area contributed by atoms with Crippen LogP contribution >= 0.6 is 0 Å². The molecule has 0 bridgehead atoms. The number of sulfone groups is 1. The number of anilines is 1. The van der Waals surface area contributed by atoms with Crippen molar-refractivity contribution in [1.82, 2.24) is 9.80 Å². The van der Waals surface area contributed by atoms with Gasteiger partial charge in [-0.15, -0.1) is 0 Å². The van der Waals surface area contributed by atoms with E-state index in [1.54, 1.807) is 18.2 Å². The molecule has 1 aromatic carbocycles. The number of benzene rings is 1. The second-order valence-electron chi connectivity index (χ2n) is 6.32. The zero-order valence-corrected chi connectivity index (χ0v) is 14.4. The summed E-state index contributed by atoms with van der Waals surface area (Å²) in [5.74, 6) is -0.537. The van der Waals surface area contributed by atoms with Crippen molar-refractivity contribution in [3.8, 4) is 0 Å². The molecule has 3 rings (SSSR count). The Bertz CT molecular complexity index is 791. The van der Waals surface area contributed by atoms with Crippen LogP contribution in [0.25, 0.3) is 0 Å². The summed E-state index contributed by atoms with van der Waals surface area (Å²) in [6.45, 7) is 2.71. The third-order valence-electron chi connectivity index (χ3n) is 4.59. The molecule has 2 N–H and O–H groups in total. The molecule has 2 aliphatic heterocycles. The minimum atomic E-state index is -3.03. The topological polar surface area (TPSA) is 101 Å². The molecule has 2 heterocycles. The van der Waals surface area contributed by atoms with Gasteiger partial charge in [-0.2, -0.15) is 0 Å². The fraction of sp³-hybridized carbons (Fsp3) is 0.500. The molecule has 0 aromatic heterocycles. The number of amides is 2. The maximum Gasteiger partial charge on any atom is 0.264 e. The van der Waals surface area contributed by atoms with Crippen molar-refractivity contribution in [2.45, 2.75) is 25.8 Å². The van der Waals surface area contributed by atoms with Crippen molar-refractivity contribution in [2.24, 2.45) is 0 Å². The Labute approximate surface area is 141 Å². The molecular weight excluding hydrogens is 330 g/mol. The fourth-order valence-electron chi connectivity index (χ4n) is 3.39. The van der Waals surface area contributed by atoms with E-state index >= 15 is 0 Å². The van der Waals surface area contributed by atoms with Crippen LogP contribution in [-0.2, 0) is 9.84 Å². The highest BCUT2D eigenvalue weighted by Gasteiger charge is 2.40. The van der Waals surface area contributed by atoms with Gasteiger partial charge in [-0.05, 0) is 31.5 Å². The number of fused-ring (bicyclic) bond motifs is 1. The van der Waals surface area contributed by atoms with Gasteiger partial charge in [0.1, 0.15) is 0 Å². The molecule has 0 aliphatic carbocycles. The van der Waals surface area contributed by atoms with Crippen LogP contribution in [0.4, 0.5) is 5.69 Å². The smallest absolute Gasteiger partial charge is 0.264 e. The number of carbonyl (C=O) groups is 2. The van der Waals surface area contributed by atoms with Crippen LogP contribution in [0.2, 0.25) is 0 Å². The predicted molar refractivity (Wildman–Crippen MR) is 90.3 cm³/mol. The van der Waals surface area contributed by atoms with Crippen LogP contribution in [0.3, 0.4) is 0 Å². The van der Waals surface area contributed by atoms with E-state index in [0.717, 1.165) is 6.42 Å². The van der Waals surface area contributed by atoms with Crippen molar-refractivity contribution in [2.75, 3.05) is 30.5 Å². The first-order valence-electron chi connectivity index (χ1n) is 8.03. The Balaban J connectivity index is 1.83. The van der Waals surface area contributed by atoms with Crippen molar-refractivity contribution >= 4 is 27.3 Å². The lowest BCUT2D eigenvalue weighted by atomic mass is 10.1. The first-order valence-corrected chi connectivity index (χ1v) is 9.85. The van der Waals surface area contributed by atoms with Gasteiger partial charge in [0.05, 0.1) is 29.3 Å². The van der Waals surface area contributed by atoms with E-state index in [4.69, 9.17) is 5.73 Å². The number of carbonyl (C=O) groups excluding carboxylic acids is 2. The lowest BCUT2D eigenvalue weighted by molar-refractivity contribution is 0.0498. The molecule has 24 heavy (non-hydrogen) atoms. The van der Waals surface area contributed by atoms with Crippen LogP contribution in [0, 0.1) is 0 Å². The average molecular weight is 351 g/mol. The van der Waals surface area contributed by atoms with E-state index in [-0.39, 0.29) is 35.7 Å². The highest BCUT2D eigenvalue weighted by atomic mass is 32.2. The number of nitrogen functional groups attached to an aromatic ring is 1. The van der Waals surface area contributed by atoms with Gasteiger partial charge in [0.25, 0.3) is 11.8 Å².